The molecule has 1 heterocycles. The van der Waals surface area contributed by atoms with Crippen molar-refractivity contribution in [1.29, 1.82) is 5.26 Å². The first-order chi connectivity index (χ1) is 15.6. The van der Waals surface area contributed by atoms with Crippen LogP contribution < -0.4 is 5.32 Å². The minimum Gasteiger partial charge on any atom is -0.336 e. The van der Waals surface area contributed by atoms with E-state index in [-0.39, 0.29) is 19.5 Å². The summed E-state index contributed by atoms with van der Waals surface area (Å²) < 4.78 is 67.1. The van der Waals surface area contributed by atoms with Gasteiger partial charge in [0.1, 0.15) is 5.54 Å². The second-order valence-corrected chi connectivity index (χ2v) is 10.7. The van der Waals surface area contributed by atoms with E-state index in [1.54, 1.807) is 4.90 Å². The first-order valence-corrected chi connectivity index (χ1v) is 12.0. The molecule has 2 aromatic rings. The number of rotatable bonds is 6. The van der Waals surface area contributed by atoms with Gasteiger partial charge in [0, 0.05) is 13.1 Å². The third-order valence-corrected chi connectivity index (χ3v) is 8.35. The third-order valence-electron chi connectivity index (χ3n) is 6.16. The van der Waals surface area contributed by atoms with E-state index >= 15 is 0 Å². The van der Waals surface area contributed by atoms with Crippen LogP contribution in [0.4, 0.5) is 13.2 Å². The highest BCUT2D eigenvalue weighted by atomic mass is 32.2. The Morgan fingerprint density at radius 3 is 2.36 bits per heavy atom. The van der Waals surface area contributed by atoms with Gasteiger partial charge in [-0.2, -0.15) is 18.4 Å². The first kappa shape index (κ1) is 23.3. The summed E-state index contributed by atoms with van der Waals surface area (Å²) >= 11 is 0. The van der Waals surface area contributed by atoms with Crippen LogP contribution in [-0.4, -0.2) is 42.6 Å². The lowest BCUT2D eigenvalue weighted by atomic mass is 10.1. The van der Waals surface area contributed by atoms with Crippen molar-refractivity contribution in [3.05, 3.63) is 65.7 Å². The summed E-state index contributed by atoms with van der Waals surface area (Å²) in [6, 6.07) is 14.4. The normalized spacial score (nSPS) is 22.5. The summed E-state index contributed by atoms with van der Waals surface area (Å²) in [5.74, 6) is -0.480. The number of benzene rings is 2. The number of carbonyl (C=O) groups excluding carboxylic acids is 1. The summed E-state index contributed by atoms with van der Waals surface area (Å²) in [5, 5.41) is 10.8. The van der Waals surface area contributed by atoms with Crippen molar-refractivity contribution in [2.45, 2.75) is 53.7 Å². The first-order valence-electron chi connectivity index (χ1n) is 10.5. The maximum absolute atomic E-state index is 13.5. The summed E-state index contributed by atoms with van der Waals surface area (Å²) in [5.41, 5.74) is -1.31. The highest BCUT2D eigenvalue weighted by molar-refractivity contribution is 7.92. The van der Waals surface area contributed by atoms with Crippen molar-refractivity contribution in [2.75, 3.05) is 6.54 Å². The van der Waals surface area contributed by atoms with Crippen LogP contribution in [0.5, 0.6) is 0 Å². The molecule has 1 aliphatic carbocycles. The van der Waals surface area contributed by atoms with E-state index in [4.69, 9.17) is 0 Å². The number of nitrogens with one attached hydrogen (secondary N) is 1. The number of hydrogen-bond acceptors (Lipinski definition) is 5. The fourth-order valence-electron chi connectivity index (χ4n) is 4.19. The molecule has 6 nitrogen and oxygen atoms in total. The number of alkyl halides is 3. The van der Waals surface area contributed by atoms with Crippen molar-refractivity contribution in [2.24, 2.45) is 0 Å². The molecule has 0 radical (unpaired) electrons. The fraction of sp³-hybridized carbons (Fsp3) is 0.391. The molecule has 10 heteroatoms. The summed E-state index contributed by atoms with van der Waals surface area (Å²) in [6.45, 7) is 0.159. The van der Waals surface area contributed by atoms with Gasteiger partial charge in [-0.1, -0.05) is 42.5 Å². The Balaban J connectivity index is 1.65. The lowest BCUT2D eigenvalue weighted by Crippen LogP contribution is -2.47. The predicted molar refractivity (Wildman–Crippen MR) is 113 cm³/mol. The second kappa shape index (κ2) is 8.47. The molecule has 1 amide bonds. The van der Waals surface area contributed by atoms with Crippen LogP contribution in [-0.2, 0) is 27.4 Å². The Hall–Kier alpha value is -2.90. The molecule has 33 heavy (non-hydrogen) atoms. The van der Waals surface area contributed by atoms with Gasteiger partial charge in [0.05, 0.1) is 27.8 Å². The average molecular weight is 478 g/mol. The molecule has 2 fully saturated rings. The Morgan fingerprint density at radius 1 is 1.12 bits per heavy atom. The van der Waals surface area contributed by atoms with Crippen LogP contribution in [0.2, 0.25) is 0 Å². The summed E-state index contributed by atoms with van der Waals surface area (Å²) in [6.07, 6.45) is -3.95. The molecule has 1 saturated carbocycles. The second-order valence-electron chi connectivity index (χ2n) is 8.51. The van der Waals surface area contributed by atoms with Crippen LogP contribution in [0.25, 0.3) is 0 Å². The van der Waals surface area contributed by atoms with E-state index in [0.29, 0.717) is 12.8 Å². The van der Waals surface area contributed by atoms with Gasteiger partial charge >= 0.3 is 6.18 Å². The number of amides is 1. The van der Waals surface area contributed by atoms with Crippen LogP contribution in [0, 0.1) is 11.3 Å². The Bertz CT molecular complexity index is 1190. The minimum absolute atomic E-state index is 0.0962. The van der Waals surface area contributed by atoms with Gasteiger partial charge in [-0.3, -0.25) is 9.69 Å². The van der Waals surface area contributed by atoms with Gasteiger partial charge in [-0.15, -0.1) is 0 Å². The molecule has 1 saturated heterocycles. The predicted octanol–water partition coefficient (Wildman–Crippen LogP) is 3.29. The summed E-state index contributed by atoms with van der Waals surface area (Å²) in [4.78, 5) is 13.9. The third kappa shape index (κ3) is 4.75. The van der Waals surface area contributed by atoms with E-state index in [1.807, 2.05) is 30.3 Å². The average Bonchev–Trinajstić information content (AvgIpc) is 3.42. The van der Waals surface area contributed by atoms with Crippen molar-refractivity contribution in [3.8, 4) is 6.07 Å². The van der Waals surface area contributed by atoms with Gasteiger partial charge in [-0.05, 0) is 37.0 Å². The van der Waals surface area contributed by atoms with Crippen molar-refractivity contribution < 1.29 is 26.4 Å². The SMILES string of the molecule is N#CC1(NC(=O)[C@@H]2C[C@@H](S(=O)(=O)c3ccccc3C(F)(F)F)CN2Cc2ccccc2)CC1. The molecular formula is C23H22F3N3O3S. The number of carbonyl (C=O) groups is 1. The van der Waals surface area contributed by atoms with Crippen molar-refractivity contribution in [1.82, 2.24) is 10.2 Å². The minimum atomic E-state index is -4.83. The quantitative estimate of drug-likeness (QED) is 0.690. The smallest absolute Gasteiger partial charge is 0.336 e. The Morgan fingerprint density at radius 2 is 1.76 bits per heavy atom. The molecule has 0 aromatic heterocycles. The molecule has 174 valence electrons. The zero-order valence-corrected chi connectivity index (χ0v) is 18.4. The Labute approximate surface area is 189 Å². The van der Waals surface area contributed by atoms with Gasteiger partial charge in [0.2, 0.25) is 5.91 Å². The molecule has 0 spiro atoms. The molecular weight excluding hydrogens is 455 g/mol. The van der Waals surface area contributed by atoms with Gasteiger partial charge in [0.25, 0.3) is 0 Å². The van der Waals surface area contributed by atoms with Crippen LogP contribution >= 0.6 is 0 Å². The van der Waals surface area contributed by atoms with Gasteiger partial charge < -0.3 is 5.32 Å². The Kier molecular flexibility index (Phi) is 5.97. The number of halogens is 3. The molecule has 4 rings (SSSR count). The zero-order valence-electron chi connectivity index (χ0n) is 17.5. The number of nitriles is 1. The van der Waals surface area contributed by atoms with E-state index < -0.39 is 49.2 Å². The maximum atomic E-state index is 13.5. The van der Waals surface area contributed by atoms with Gasteiger partial charge in [-0.25, -0.2) is 8.42 Å². The monoisotopic (exact) mass is 477 g/mol. The molecule has 1 aliphatic heterocycles. The lowest BCUT2D eigenvalue weighted by molar-refractivity contribution is -0.139. The number of sulfone groups is 1. The molecule has 1 N–H and O–H groups in total. The van der Waals surface area contributed by atoms with E-state index in [1.165, 1.54) is 6.07 Å². The van der Waals surface area contributed by atoms with Crippen LogP contribution in [0.15, 0.2) is 59.5 Å². The van der Waals surface area contributed by atoms with Crippen LogP contribution in [0.3, 0.4) is 0 Å². The molecule has 0 bridgehead atoms. The van der Waals surface area contributed by atoms with Crippen molar-refractivity contribution >= 4 is 15.7 Å². The summed E-state index contributed by atoms with van der Waals surface area (Å²) in [7, 11) is -4.38. The lowest BCUT2D eigenvalue weighted by Gasteiger charge is -2.24. The highest BCUT2D eigenvalue weighted by Gasteiger charge is 2.50. The van der Waals surface area contributed by atoms with E-state index in [2.05, 4.69) is 11.4 Å². The van der Waals surface area contributed by atoms with Crippen molar-refractivity contribution in [3.63, 3.8) is 0 Å². The molecule has 2 aromatic carbocycles. The largest absolute Gasteiger partial charge is 0.417 e. The number of nitrogens with zero attached hydrogens (tertiary/aromatic N) is 2. The fourth-order valence-corrected chi connectivity index (χ4v) is 6.13. The standard InChI is InChI=1S/C23H22F3N3O3S/c24-23(25,26)18-8-4-5-9-20(18)33(31,32)17-12-19(21(30)28-22(15-27)10-11-22)29(14-17)13-16-6-2-1-3-7-16/h1-9,17,19H,10-14H2,(H,28,30)/t17-,19+/m1/s1. The number of likely N-dealkylation sites (tertiary alicyclic amines) is 1. The molecule has 0 unspecified atom stereocenters. The topological polar surface area (TPSA) is 90.3 Å². The maximum Gasteiger partial charge on any atom is 0.417 e. The van der Waals surface area contributed by atoms with Crippen LogP contribution in [0.1, 0.15) is 30.4 Å². The van der Waals surface area contributed by atoms with Gasteiger partial charge in [0.15, 0.2) is 9.84 Å². The van der Waals surface area contributed by atoms with E-state index in [9.17, 15) is 31.6 Å². The number of hydrogen-bond donors (Lipinski definition) is 1. The molecule has 2 aliphatic rings. The van der Waals surface area contributed by atoms with E-state index in [0.717, 1.165) is 23.8 Å². The molecule has 2 atom stereocenters. The zero-order chi connectivity index (χ0) is 23.9. The highest BCUT2D eigenvalue weighted by Crippen LogP contribution is 2.39.